The number of nitrogens with zero attached hydrogens (tertiary/aromatic N) is 1. The SMILES string of the molecule is O=C1CCCN1c1cc(C#CCCO)ccc1Cl. The zero-order chi connectivity index (χ0) is 13.0. The van der Waals surface area contributed by atoms with Crippen molar-refractivity contribution in [1.82, 2.24) is 0 Å². The van der Waals surface area contributed by atoms with Crippen molar-refractivity contribution in [3.63, 3.8) is 0 Å². The topological polar surface area (TPSA) is 40.5 Å². The lowest BCUT2D eigenvalue weighted by atomic mass is 10.2. The molecule has 1 fully saturated rings. The number of carbonyl (C=O) groups excluding carboxylic acids is 1. The third-order valence-electron chi connectivity index (χ3n) is 2.78. The van der Waals surface area contributed by atoms with E-state index >= 15 is 0 Å². The van der Waals surface area contributed by atoms with E-state index in [4.69, 9.17) is 16.7 Å². The fourth-order valence-corrected chi connectivity index (χ4v) is 2.14. The summed E-state index contributed by atoms with van der Waals surface area (Å²) in [6, 6.07) is 5.40. The Morgan fingerprint density at radius 1 is 1.44 bits per heavy atom. The molecule has 0 spiro atoms. The van der Waals surface area contributed by atoms with E-state index < -0.39 is 0 Å². The molecule has 2 rings (SSSR count). The van der Waals surface area contributed by atoms with Crippen LogP contribution in [0.2, 0.25) is 5.02 Å². The molecular weight excluding hydrogens is 250 g/mol. The maximum Gasteiger partial charge on any atom is 0.227 e. The minimum absolute atomic E-state index is 0.0536. The molecule has 1 heterocycles. The molecule has 0 bridgehead atoms. The van der Waals surface area contributed by atoms with E-state index in [2.05, 4.69) is 11.8 Å². The Morgan fingerprint density at radius 3 is 2.94 bits per heavy atom. The summed E-state index contributed by atoms with van der Waals surface area (Å²) >= 11 is 6.12. The molecule has 0 saturated carbocycles. The van der Waals surface area contributed by atoms with Crippen LogP contribution < -0.4 is 4.90 Å². The standard InChI is InChI=1S/C14H14ClNO2/c15-12-7-6-11(4-1-2-9-17)10-13(12)16-8-3-5-14(16)18/h6-7,10,17H,2-3,5,8-9H2. The summed E-state index contributed by atoms with van der Waals surface area (Å²) in [5.41, 5.74) is 1.54. The molecule has 0 unspecified atom stereocenters. The third kappa shape index (κ3) is 2.84. The molecule has 1 aromatic carbocycles. The van der Waals surface area contributed by atoms with Gasteiger partial charge in [0.05, 0.1) is 17.3 Å². The highest BCUT2D eigenvalue weighted by Gasteiger charge is 2.23. The summed E-state index contributed by atoms with van der Waals surface area (Å²) in [7, 11) is 0. The van der Waals surface area contributed by atoms with Gasteiger partial charge in [-0.05, 0) is 24.6 Å². The number of aliphatic hydroxyl groups is 1. The Hall–Kier alpha value is -1.50. The van der Waals surface area contributed by atoms with Gasteiger partial charge >= 0.3 is 0 Å². The van der Waals surface area contributed by atoms with E-state index in [1.165, 1.54) is 0 Å². The first kappa shape index (κ1) is 12.9. The Balaban J connectivity index is 2.27. The summed E-state index contributed by atoms with van der Waals surface area (Å²) < 4.78 is 0. The van der Waals surface area contributed by atoms with Crippen LogP contribution in [0.25, 0.3) is 0 Å². The zero-order valence-electron chi connectivity index (χ0n) is 9.95. The largest absolute Gasteiger partial charge is 0.395 e. The van der Waals surface area contributed by atoms with Crippen LogP contribution in [0, 0.1) is 11.8 Å². The second-order valence-electron chi connectivity index (χ2n) is 4.09. The van der Waals surface area contributed by atoms with Gasteiger partial charge < -0.3 is 10.0 Å². The lowest BCUT2D eigenvalue weighted by Crippen LogP contribution is -2.24. The molecule has 94 valence electrons. The maximum absolute atomic E-state index is 11.7. The number of amides is 1. The normalized spacial score (nSPS) is 14.6. The number of halogens is 1. The Bertz CT molecular complexity index is 516. The number of benzene rings is 1. The first-order chi connectivity index (χ1) is 8.72. The summed E-state index contributed by atoms with van der Waals surface area (Å²) in [6.45, 7) is 0.768. The number of hydrogen-bond donors (Lipinski definition) is 1. The van der Waals surface area contributed by atoms with E-state index in [9.17, 15) is 4.79 Å². The second-order valence-corrected chi connectivity index (χ2v) is 4.50. The van der Waals surface area contributed by atoms with Gasteiger partial charge in [-0.25, -0.2) is 0 Å². The van der Waals surface area contributed by atoms with Crippen LogP contribution in [0.15, 0.2) is 18.2 Å². The highest BCUT2D eigenvalue weighted by atomic mass is 35.5. The van der Waals surface area contributed by atoms with E-state index in [1.807, 2.05) is 12.1 Å². The van der Waals surface area contributed by atoms with Crippen LogP contribution in [-0.4, -0.2) is 24.2 Å². The van der Waals surface area contributed by atoms with Crippen molar-refractivity contribution >= 4 is 23.2 Å². The minimum atomic E-state index is 0.0536. The van der Waals surface area contributed by atoms with Crippen molar-refractivity contribution in [2.24, 2.45) is 0 Å². The summed E-state index contributed by atoms with van der Waals surface area (Å²) in [5.74, 6) is 5.91. The first-order valence-electron chi connectivity index (χ1n) is 5.92. The summed E-state index contributed by atoms with van der Waals surface area (Å²) in [5, 5.41) is 9.24. The molecule has 0 atom stereocenters. The third-order valence-corrected chi connectivity index (χ3v) is 3.10. The number of hydrogen-bond acceptors (Lipinski definition) is 2. The number of anilines is 1. The molecule has 1 aliphatic heterocycles. The monoisotopic (exact) mass is 263 g/mol. The molecular formula is C14H14ClNO2. The molecule has 18 heavy (non-hydrogen) atoms. The van der Waals surface area contributed by atoms with E-state index in [0.717, 1.165) is 17.7 Å². The molecule has 3 nitrogen and oxygen atoms in total. The van der Waals surface area contributed by atoms with Gasteiger partial charge in [0.1, 0.15) is 0 Å². The van der Waals surface area contributed by atoms with Gasteiger partial charge in [0.15, 0.2) is 0 Å². The van der Waals surface area contributed by atoms with Gasteiger partial charge in [0.2, 0.25) is 5.91 Å². The molecule has 0 radical (unpaired) electrons. The maximum atomic E-state index is 11.7. The van der Waals surface area contributed by atoms with Gasteiger partial charge in [-0.1, -0.05) is 23.4 Å². The Labute approximate surface area is 111 Å². The first-order valence-corrected chi connectivity index (χ1v) is 6.30. The lowest BCUT2D eigenvalue weighted by Gasteiger charge is -2.17. The van der Waals surface area contributed by atoms with Crippen molar-refractivity contribution in [3.8, 4) is 11.8 Å². The molecule has 1 aliphatic rings. The molecule has 4 heteroatoms. The zero-order valence-corrected chi connectivity index (χ0v) is 10.7. The van der Waals surface area contributed by atoms with Crippen LogP contribution in [0.4, 0.5) is 5.69 Å². The lowest BCUT2D eigenvalue weighted by molar-refractivity contribution is -0.117. The van der Waals surface area contributed by atoms with Crippen molar-refractivity contribution in [2.75, 3.05) is 18.1 Å². The van der Waals surface area contributed by atoms with Crippen molar-refractivity contribution < 1.29 is 9.90 Å². The molecule has 0 aliphatic carbocycles. The number of aliphatic hydroxyl groups excluding tert-OH is 1. The quantitative estimate of drug-likeness (QED) is 0.831. The average molecular weight is 264 g/mol. The molecule has 1 aromatic rings. The van der Waals surface area contributed by atoms with Crippen molar-refractivity contribution in [1.29, 1.82) is 0 Å². The van der Waals surface area contributed by atoms with Crippen LogP contribution >= 0.6 is 11.6 Å². The average Bonchev–Trinajstić information content (AvgIpc) is 2.78. The summed E-state index contributed by atoms with van der Waals surface area (Å²) in [4.78, 5) is 13.4. The highest BCUT2D eigenvalue weighted by molar-refractivity contribution is 6.33. The van der Waals surface area contributed by atoms with Gasteiger partial charge in [0.25, 0.3) is 0 Å². The van der Waals surface area contributed by atoms with E-state index in [-0.39, 0.29) is 12.5 Å². The smallest absolute Gasteiger partial charge is 0.227 e. The van der Waals surface area contributed by atoms with Gasteiger partial charge in [-0.3, -0.25) is 4.79 Å². The van der Waals surface area contributed by atoms with Gasteiger partial charge in [-0.2, -0.15) is 0 Å². The van der Waals surface area contributed by atoms with Crippen LogP contribution in [0.1, 0.15) is 24.8 Å². The minimum Gasteiger partial charge on any atom is -0.395 e. The van der Waals surface area contributed by atoms with Crippen LogP contribution in [-0.2, 0) is 4.79 Å². The van der Waals surface area contributed by atoms with E-state index in [1.54, 1.807) is 11.0 Å². The predicted molar refractivity (Wildman–Crippen MR) is 71.6 cm³/mol. The number of rotatable bonds is 2. The number of carbonyl (C=O) groups is 1. The summed E-state index contributed by atoms with van der Waals surface area (Å²) in [6.07, 6.45) is 1.90. The van der Waals surface area contributed by atoms with Crippen molar-refractivity contribution in [2.45, 2.75) is 19.3 Å². The van der Waals surface area contributed by atoms with Crippen molar-refractivity contribution in [3.05, 3.63) is 28.8 Å². The Morgan fingerprint density at radius 2 is 2.28 bits per heavy atom. The fraction of sp³-hybridized carbons (Fsp3) is 0.357. The Kier molecular flexibility index (Phi) is 4.24. The van der Waals surface area contributed by atoms with Gasteiger partial charge in [-0.15, -0.1) is 0 Å². The fourth-order valence-electron chi connectivity index (χ4n) is 1.92. The van der Waals surface area contributed by atoms with E-state index in [0.29, 0.717) is 24.4 Å². The van der Waals surface area contributed by atoms with Gasteiger partial charge in [0, 0.05) is 24.9 Å². The second kappa shape index (κ2) is 5.90. The van der Waals surface area contributed by atoms with Crippen LogP contribution in [0.5, 0.6) is 0 Å². The molecule has 1 N–H and O–H groups in total. The molecule has 1 saturated heterocycles. The highest BCUT2D eigenvalue weighted by Crippen LogP contribution is 2.30. The predicted octanol–water partition coefficient (Wildman–Crippen LogP) is 2.20. The van der Waals surface area contributed by atoms with Crippen LogP contribution in [0.3, 0.4) is 0 Å². The molecule has 0 aromatic heterocycles. The molecule has 1 amide bonds.